The van der Waals surface area contributed by atoms with Crippen molar-refractivity contribution >= 4 is 10.9 Å². The Kier molecular flexibility index (Phi) is 2.24. The molecule has 1 aromatic heterocycles. The van der Waals surface area contributed by atoms with E-state index in [4.69, 9.17) is 0 Å². The van der Waals surface area contributed by atoms with E-state index in [-0.39, 0.29) is 0 Å². The zero-order valence-corrected chi connectivity index (χ0v) is 8.96. The van der Waals surface area contributed by atoms with Crippen LogP contribution in [0.15, 0.2) is 24.3 Å². The number of nitrogens with zero attached hydrogens (tertiary/aromatic N) is 1. The van der Waals surface area contributed by atoms with Crippen LogP contribution in [0.2, 0.25) is 0 Å². The molecule has 2 aromatic rings. The fourth-order valence-electron chi connectivity index (χ4n) is 1.76. The fraction of sp³-hybridized carbons (Fsp3) is 0.308. The predicted molar refractivity (Wildman–Crippen MR) is 60.6 cm³/mol. The lowest BCUT2D eigenvalue weighted by atomic mass is 10.1. The summed E-state index contributed by atoms with van der Waals surface area (Å²) in [6.07, 6.45) is 1.00. The molecule has 0 atom stereocenters. The van der Waals surface area contributed by atoms with Crippen LogP contribution in [0, 0.1) is 13.8 Å². The molecule has 0 unspecified atom stereocenters. The van der Waals surface area contributed by atoms with E-state index in [1.54, 1.807) is 0 Å². The molecule has 1 heteroatoms. The Morgan fingerprint density at radius 1 is 1.14 bits per heavy atom. The number of benzene rings is 1. The van der Waals surface area contributed by atoms with Gasteiger partial charge in [-0.2, -0.15) is 0 Å². The Bertz CT molecular complexity index is 472. The molecule has 0 bridgehead atoms. The lowest BCUT2D eigenvalue weighted by molar-refractivity contribution is 1.05. The van der Waals surface area contributed by atoms with Gasteiger partial charge < -0.3 is 0 Å². The maximum Gasteiger partial charge on any atom is 0.0710 e. The molecule has 1 heterocycles. The highest BCUT2D eigenvalue weighted by Gasteiger charge is 2.01. The molecule has 2 rings (SSSR count). The van der Waals surface area contributed by atoms with Crippen molar-refractivity contribution in [1.82, 2.24) is 4.98 Å². The quantitative estimate of drug-likeness (QED) is 0.663. The Morgan fingerprint density at radius 2 is 1.93 bits per heavy atom. The van der Waals surface area contributed by atoms with Crippen molar-refractivity contribution in [2.75, 3.05) is 0 Å². The van der Waals surface area contributed by atoms with E-state index in [0.29, 0.717) is 0 Å². The van der Waals surface area contributed by atoms with E-state index in [0.717, 1.165) is 11.9 Å². The molecule has 0 fully saturated rings. The monoisotopic (exact) mass is 185 g/mol. The van der Waals surface area contributed by atoms with Crippen molar-refractivity contribution in [3.8, 4) is 0 Å². The van der Waals surface area contributed by atoms with Crippen LogP contribution in [0.4, 0.5) is 0 Å². The van der Waals surface area contributed by atoms with Crippen molar-refractivity contribution in [2.45, 2.75) is 27.2 Å². The van der Waals surface area contributed by atoms with Gasteiger partial charge in [-0.25, -0.2) is 0 Å². The highest BCUT2D eigenvalue weighted by atomic mass is 14.7. The number of pyridine rings is 1. The first-order chi connectivity index (χ1) is 6.70. The van der Waals surface area contributed by atoms with Gasteiger partial charge in [-0.05, 0) is 43.5 Å². The van der Waals surface area contributed by atoms with Gasteiger partial charge in [-0.3, -0.25) is 4.98 Å². The van der Waals surface area contributed by atoms with Gasteiger partial charge in [0.1, 0.15) is 0 Å². The molecule has 72 valence electrons. The predicted octanol–water partition coefficient (Wildman–Crippen LogP) is 3.41. The van der Waals surface area contributed by atoms with E-state index in [2.05, 4.69) is 50.0 Å². The van der Waals surface area contributed by atoms with Gasteiger partial charge in [0.15, 0.2) is 0 Å². The molecule has 0 aliphatic carbocycles. The standard InChI is InChI=1S/C13H15N/c1-4-11-8-10(3)12-6-5-9(2)7-13(12)14-11/h5-8H,4H2,1-3H3. The third-order valence-electron chi connectivity index (χ3n) is 2.59. The van der Waals surface area contributed by atoms with E-state index in [1.807, 2.05) is 0 Å². The van der Waals surface area contributed by atoms with Crippen molar-refractivity contribution in [2.24, 2.45) is 0 Å². The molecule has 0 N–H and O–H groups in total. The van der Waals surface area contributed by atoms with Gasteiger partial charge >= 0.3 is 0 Å². The Labute approximate surface area is 84.8 Å². The van der Waals surface area contributed by atoms with Crippen molar-refractivity contribution in [1.29, 1.82) is 0 Å². The minimum Gasteiger partial charge on any atom is -0.253 e. The number of hydrogen-bond donors (Lipinski definition) is 0. The highest BCUT2D eigenvalue weighted by molar-refractivity contribution is 5.82. The zero-order chi connectivity index (χ0) is 10.1. The second-order valence-electron chi connectivity index (χ2n) is 3.80. The second kappa shape index (κ2) is 3.41. The highest BCUT2D eigenvalue weighted by Crippen LogP contribution is 2.19. The summed E-state index contributed by atoms with van der Waals surface area (Å²) in [5.74, 6) is 0. The molecular formula is C13H15N. The summed E-state index contributed by atoms with van der Waals surface area (Å²) >= 11 is 0. The fourth-order valence-corrected chi connectivity index (χ4v) is 1.76. The van der Waals surface area contributed by atoms with Gasteiger partial charge in [-0.15, -0.1) is 0 Å². The van der Waals surface area contributed by atoms with Crippen molar-refractivity contribution < 1.29 is 0 Å². The average Bonchev–Trinajstić information content (AvgIpc) is 2.16. The summed E-state index contributed by atoms with van der Waals surface area (Å²) in [5.41, 5.74) is 4.91. The molecular weight excluding hydrogens is 170 g/mol. The largest absolute Gasteiger partial charge is 0.253 e. The van der Waals surface area contributed by atoms with Gasteiger partial charge in [-0.1, -0.05) is 19.1 Å². The summed E-state index contributed by atoms with van der Waals surface area (Å²) < 4.78 is 0. The van der Waals surface area contributed by atoms with Crippen LogP contribution in [0.3, 0.4) is 0 Å². The first-order valence-corrected chi connectivity index (χ1v) is 5.07. The van der Waals surface area contributed by atoms with Crippen molar-refractivity contribution in [3.05, 3.63) is 41.1 Å². The van der Waals surface area contributed by atoms with Crippen molar-refractivity contribution in [3.63, 3.8) is 0 Å². The molecule has 0 aliphatic heterocycles. The van der Waals surface area contributed by atoms with Crippen LogP contribution in [-0.2, 0) is 6.42 Å². The molecule has 0 saturated carbocycles. The summed E-state index contributed by atoms with van der Waals surface area (Å²) in [5, 5.41) is 1.27. The number of aryl methyl sites for hydroxylation is 3. The number of rotatable bonds is 1. The number of fused-ring (bicyclic) bond motifs is 1. The van der Waals surface area contributed by atoms with Crippen LogP contribution in [-0.4, -0.2) is 4.98 Å². The summed E-state index contributed by atoms with van der Waals surface area (Å²) in [6, 6.07) is 8.63. The smallest absolute Gasteiger partial charge is 0.0710 e. The second-order valence-corrected chi connectivity index (χ2v) is 3.80. The lowest BCUT2D eigenvalue weighted by Crippen LogP contribution is -1.91. The van der Waals surface area contributed by atoms with Crippen LogP contribution in [0.1, 0.15) is 23.7 Å². The zero-order valence-electron chi connectivity index (χ0n) is 8.96. The van der Waals surface area contributed by atoms with Crippen LogP contribution in [0.25, 0.3) is 10.9 Å². The molecule has 14 heavy (non-hydrogen) atoms. The lowest BCUT2D eigenvalue weighted by Gasteiger charge is -2.05. The summed E-state index contributed by atoms with van der Waals surface area (Å²) in [7, 11) is 0. The topological polar surface area (TPSA) is 12.9 Å². The third kappa shape index (κ3) is 1.50. The van der Waals surface area contributed by atoms with E-state index < -0.39 is 0 Å². The van der Waals surface area contributed by atoms with E-state index in [1.165, 1.54) is 22.2 Å². The number of hydrogen-bond acceptors (Lipinski definition) is 1. The van der Waals surface area contributed by atoms with Gasteiger partial charge in [0.05, 0.1) is 5.52 Å². The average molecular weight is 185 g/mol. The Hall–Kier alpha value is -1.37. The van der Waals surface area contributed by atoms with Crippen LogP contribution in [0.5, 0.6) is 0 Å². The van der Waals surface area contributed by atoms with Gasteiger partial charge in [0.2, 0.25) is 0 Å². The van der Waals surface area contributed by atoms with Crippen LogP contribution >= 0.6 is 0 Å². The molecule has 0 amide bonds. The van der Waals surface area contributed by atoms with E-state index >= 15 is 0 Å². The maximum atomic E-state index is 4.62. The first-order valence-electron chi connectivity index (χ1n) is 5.07. The normalized spacial score (nSPS) is 10.8. The maximum absolute atomic E-state index is 4.62. The van der Waals surface area contributed by atoms with Gasteiger partial charge in [0.25, 0.3) is 0 Å². The van der Waals surface area contributed by atoms with Crippen LogP contribution < -0.4 is 0 Å². The molecule has 0 spiro atoms. The minimum absolute atomic E-state index is 1.00. The molecule has 1 aromatic carbocycles. The minimum atomic E-state index is 1.00. The third-order valence-corrected chi connectivity index (χ3v) is 2.59. The van der Waals surface area contributed by atoms with Gasteiger partial charge in [0, 0.05) is 11.1 Å². The Balaban J connectivity index is 2.77. The summed E-state index contributed by atoms with van der Waals surface area (Å²) in [4.78, 5) is 4.62. The molecule has 1 nitrogen and oxygen atoms in total. The Morgan fingerprint density at radius 3 is 2.64 bits per heavy atom. The first kappa shape index (κ1) is 9.20. The molecule has 0 aliphatic rings. The summed E-state index contributed by atoms with van der Waals surface area (Å²) in [6.45, 7) is 6.40. The number of aromatic nitrogens is 1. The molecule has 0 radical (unpaired) electrons. The molecule has 0 saturated heterocycles. The van der Waals surface area contributed by atoms with E-state index in [9.17, 15) is 0 Å². The SMILES string of the molecule is CCc1cc(C)c2ccc(C)cc2n1.